The quantitative estimate of drug-likeness (QED) is 0.846. The third-order valence-electron chi connectivity index (χ3n) is 2.76. The fraction of sp³-hybridized carbons (Fsp3) is 0.200. The lowest BCUT2D eigenvalue weighted by Gasteiger charge is -2.13. The van der Waals surface area contributed by atoms with Crippen LogP contribution in [-0.4, -0.2) is 16.6 Å². The molecule has 104 valence electrons. The molecule has 1 aromatic carbocycles. The van der Waals surface area contributed by atoms with Gasteiger partial charge in [0.15, 0.2) is 5.11 Å². The van der Waals surface area contributed by atoms with Gasteiger partial charge in [-0.3, -0.25) is 0 Å². The van der Waals surface area contributed by atoms with E-state index in [0.717, 1.165) is 5.56 Å². The molecule has 20 heavy (non-hydrogen) atoms. The summed E-state index contributed by atoms with van der Waals surface area (Å²) in [6.45, 7) is 2.09. The van der Waals surface area contributed by atoms with Gasteiger partial charge in [0.25, 0.3) is 0 Å². The molecular formula is C15H16FN3S. The normalized spacial score (nSPS) is 11.7. The summed E-state index contributed by atoms with van der Waals surface area (Å²) in [5.41, 5.74) is 1.71. The van der Waals surface area contributed by atoms with E-state index >= 15 is 0 Å². The van der Waals surface area contributed by atoms with Crippen molar-refractivity contribution >= 4 is 23.1 Å². The Morgan fingerprint density at radius 2 is 2.00 bits per heavy atom. The van der Waals surface area contributed by atoms with E-state index in [0.29, 0.717) is 16.5 Å². The van der Waals surface area contributed by atoms with Crippen molar-refractivity contribution in [2.75, 3.05) is 11.9 Å². The van der Waals surface area contributed by atoms with Gasteiger partial charge in [0.05, 0.1) is 6.54 Å². The highest BCUT2D eigenvalue weighted by Gasteiger charge is 2.09. The Balaban J connectivity index is 1.82. The highest BCUT2D eigenvalue weighted by atomic mass is 32.1. The molecule has 1 atom stereocenters. The molecule has 2 rings (SSSR count). The predicted molar refractivity (Wildman–Crippen MR) is 83.5 cm³/mol. The third kappa shape index (κ3) is 4.28. The van der Waals surface area contributed by atoms with E-state index in [1.807, 2.05) is 37.3 Å². The first-order valence-electron chi connectivity index (χ1n) is 6.31. The molecule has 0 aliphatic heterocycles. The van der Waals surface area contributed by atoms with E-state index in [9.17, 15) is 4.39 Å². The lowest BCUT2D eigenvalue weighted by Crippen LogP contribution is -2.31. The first-order valence-corrected chi connectivity index (χ1v) is 6.72. The molecule has 0 aliphatic carbocycles. The van der Waals surface area contributed by atoms with Crippen LogP contribution in [0.2, 0.25) is 0 Å². The number of aryl methyl sites for hydroxylation is 1. The molecule has 2 N–H and O–H groups in total. The van der Waals surface area contributed by atoms with Crippen LogP contribution in [0, 0.1) is 6.92 Å². The van der Waals surface area contributed by atoms with Gasteiger partial charge in [0.1, 0.15) is 12.0 Å². The number of pyridine rings is 1. The molecule has 3 nitrogen and oxygen atoms in total. The zero-order chi connectivity index (χ0) is 14.4. The summed E-state index contributed by atoms with van der Waals surface area (Å²) in [4.78, 5) is 4.17. The Morgan fingerprint density at radius 3 is 2.65 bits per heavy atom. The number of aromatic nitrogens is 1. The van der Waals surface area contributed by atoms with Gasteiger partial charge in [-0.15, -0.1) is 0 Å². The average Bonchev–Trinajstić information content (AvgIpc) is 2.48. The van der Waals surface area contributed by atoms with Crippen molar-refractivity contribution in [1.82, 2.24) is 10.3 Å². The fourth-order valence-electron chi connectivity index (χ4n) is 1.66. The number of nitrogens with zero attached hydrogens (tertiary/aromatic N) is 1. The number of thiocarbonyl (C=S) groups is 1. The van der Waals surface area contributed by atoms with Gasteiger partial charge in [0.2, 0.25) is 0 Å². The van der Waals surface area contributed by atoms with Crippen LogP contribution >= 0.6 is 12.2 Å². The molecule has 2 aromatic rings. The Hall–Kier alpha value is -2.01. The summed E-state index contributed by atoms with van der Waals surface area (Å²) in [6.07, 6.45) is 0.647. The van der Waals surface area contributed by atoms with Crippen molar-refractivity contribution in [1.29, 1.82) is 0 Å². The fourth-order valence-corrected chi connectivity index (χ4v) is 1.85. The number of rotatable bonds is 4. The molecule has 1 heterocycles. The highest BCUT2D eigenvalue weighted by Crippen LogP contribution is 2.15. The minimum Gasteiger partial charge on any atom is -0.359 e. The highest BCUT2D eigenvalue weighted by molar-refractivity contribution is 7.80. The van der Waals surface area contributed by atoms with Crippen LogP contribution in [0.15, 0.2) is 48.7 Å². The number of hydrogen-bond acceptors (Lipinski definition) is 2. The first-order chi connectivity index (χ1) is 9.65. The van der Waals surface area contributed by atoms with Crippen molar-refractivity contribution in [3.63, 3.8) is 0 Å². The molecule has 0 saturated heterocycles. The van der Waals surface area contributed by atoms with Gasteiger partial charge in [-0.25, -0.2) is 9.37 Å². The third-order valence-corrected chi connectivity index (χ3v) is 3.00. The van der Waals surface area contributed by atoms with Gasteiger partial charge >= 0.3 is 0 Å². The summed E-state index contributed by atoms with van der Waals surface area (Å²) in [5, 5.41) is 6.13. The number of halogens is 1. The molecule has 1 aromatic heterocycles. The van der Waals surface area contributed by atoms with Gasteiger partial charge in [-0.2, -0.15) is 0 Å². The van der Waals surface area contributed by atoms with Crippen LogP contribution in [0.3, 0.4) is 0 Å². The first kappa shape index (κ1) is 14.4. The van der Waals surface area contributed by atoms with Crippen LogP contribution in [0.25, 0.3) is 0 Å². The Morgan fingerprint density at radius 1 is 1.25 bits per heavy atom. The number of nitrogens with one attached hydrogen (secondary N) is 2. The number of benzene rings is 1. The second-order valence-electron chi connectivity index (χ2n) is 4.43. The zero-order valence-electron chi connectivity index (χ0n) is 11.1. The molecule has 0 radical (unpaired) electrons. The van der Waals surface area contributed by atoms with E-state index in [2.05, 4.69) is 15.6 Å². The number of hydrogen-bond donors (Lipinski definition) is 2. The average molecular weight is 289 g/mol. The summed E-state index contributed by atoms with van der Waals surface area (Å²) in [5.74, 6) is 0.642. The molecule has 0 saturated carbocycles. The van der Waals surface area contributed by atoms with E-state index in [1.165, 1.54) is 0 Å². The van der Waals surface area contributed by atoms with Crippen LogP contribution < -0.4 is 10.6 Å². The Kier molecular flexibility index (Phi) is 5.01. The molecule has 0 fully saturated rings. The summed E-state index contributed by atoms with van der Waals surface area (Å²) < 4.78 is 13.9. The van der Waals surface area contributed by atoms with Crippen LogP contribution in [-0.2, 0) is 0 Å². The molecular weight excluding hydrogens is 273 g/mol. The van der Waals surface area contributed by atoms with E-state index in [-0.39, 0.29) is 6.54 Å². The van der Waals surface area contributed by atoms with E-state index in [4.69, 9.17) is 12.2 Å². The monoisotopic (exact) mass is 289 g/mol. The van der Waals surface area contributed by atoms with Crippen molar-refractivity contribution in [2.45, 2.75) is 13.1 Å². The van der Waals surface area contributed by atoms with Crippen molar-refractivity contribution in [3.05, 3.63) is 59.8 Å². The maximum Gasteiger partial charge on any atom is 0.172 e. The standard InChI is InChI=1S/C15H16FN3S/c1-11-7-8-14(17-9-11)19-15(20)18-10-13(16)12-5-3-2-4-6-12/h2-9,13H,10H2,1H3,(H2,17,18,19,20). The minimum atomic E-state index is -1.10. The SMILES string of the molecule is Cc1ccc(NC(=S)NCC(F)c2ccccc2)nc1. The van der Waals surface area contributed by atoms with Crippen molar-refractivity contribution in [2.24, 2.45) is 0 Å². The molecule has 1 unspecified atom stereocenters. The molecule has 0 bridgehead atoms. The maximum atomic E-state index is 13.9. The smallest absolute Gasteiger partial charge is 0.172 e. The number of alkyl halides is 1. The van der Waals surface area contributed by atoms with Crippen LogP contribution in [0.1, 0.15) is 17.3 Å². The maximum absolute atomic E-state index is 13.9. The molecule has 0 amide bonds. The zero-order valence-corrected chi connectivity index (χ0v) is 12.0. The lowest BCUT2D eigenvalue weighted by molar-refractivity contribution is 0.343. The molecule has 0 aliphatic rings. The van der Waals surface area contributed by atoms with Gasteiger partial charge in [-0.05, 0) is 36.3 Å². The minimum absolute atomic E-state index is 0.127. The summed E-state index contributed by atoms with van der Waals surface area (Å²) >= 11 is 5.11. The topological polar surface area (TPSA) is 37.0 Å². The molecule has 5 heteroatoms. The second kappa shape index (κ2) is 6.96. The summed E-state index contributed by atoms with van der Waals surface area (Å²) in [7, 11) is 0. The number of anilines is 1. The Labute approximate surface area is 123 Å². The molecule has 0 spiro atoms. The predicted octanol–water partition coefficient (Wildman–Crippen LogP) is 3.39. The van der Waals surface area contributed by atoms with Crippen LogP contribution in [0.4, 0.5) is 10.2 Å². The van der Waals surface area contributed by atoms with E-state index in [1.54, 1.807) is 18.3 Å². The second-order valence-corrected chi connectivity index (χ2v) is 4.84. The van der Waals surface area contributed by atoms with Crippen molar-refractivity contribution < 1.29 is 4.39 Å². The summed E-state index contributed by atoms with van der Waals surface area (Å²) in [6, 6.07) is 12.8. The largest absolute Gasteiger partial charge is 0.359 e. The van der Waals surface area contributed by atoms with Crippen molar-refractivity contribution in [3.8, 4) is 0 Å². The van der Waals surface area contributed by atoms with E-state index < -0.39 is 6.17 Å². The van der Waals surface area contributed by atoms with Gasteiger partial charge < -0.3 is 10.6 Å². The lowest BCUT2D eigenvalue weighted by atomic mass is 10.1. The van der Waals surface area contributed by atoms with Gasteiger partial charge in [-0.1, -0.05) is 36.4 Å². The Bertz CT molecular complexity index is 557. The van der Waals surface area contributed by atoms with Crippen LogP contribution in [0.5, 0.6) is 0 Å². The van der Waals surface area contributed by atoms with Gasteiger partial charge in [0, 0.05) is 6.20 Å².